The van der Waals surface area contributed by atoms with Gasteiger partial charge in [-0.05, 0) is 39.4 Å². The molecule has 0 aliphatic heterocycles. The summed E-state index contributed by atoms with van der Waals surface area (Å²) in [6.45, 7) is 0. The molecule has 8 heteroatoms. The van der Waals surface area contributed by atoms with Crippen LogP contribution in [0.2, 0.25) is 0 Å². The molecule has 3 N–H and O–H groups in total. The molecular weight excluding hydrogens is 324 g/mol. The van der Waals surface area contributed by atoms with Crippen molar-refractivity contribution >= 4 is 38.9 Å². The Morgan fingerprint density at radius 2 is 2.15 bits per heavy atom. The van der Waals surface area contributed by atoms with Crippen LogP contribution in [0.15, 0.2) is 39.9 Å². The van der Waals surface area contributed by atoms with Crippen LogP contribution in [0.1, 0.15) is 5.56 Å². The van der Waals surface area contributed by atoms with Crippen LogP contribution in [0.3, 0.4) is 0 Å². The van der Waals surface area contributed by atoms with Crippen LogP contribution in [0.4, 0.5) is 5.95 Å². The highest BCUT2D eigenvalue weighted by Crippen LogP contribution is 2.28. The molecule has 7 nitrogen and oxygen atoms in total. The fourth-order valence-corrected chi connectivity index (χ4v) is 2.21. The molecule has 0 saturated carbocycles. The molecule has 1 aromatic heterocycles. The van der Waals surface area contributed by atoms with Gasteiger partial charge in [0.05, 0.1) is 6.21 Å². The van der Waals surface area contributed by atoms with E-state index in [1.54, 1.807) is 6.07 Å². The van der Waals surface area contributed by atoms with E-state index in [-0.39, 0.29) is 11.7 Å². The smallest absolute Gasteiger partial charge is 0.263 e. The fourth-order valence-electron chi connectivity index (χ4n) is 1.83. The van der Waals surface area contributed by atoms with E-state index < -0.39 is 0 Å². The van der Waals surface area contributed by atoms with Crippen molar-refractivity contribution in [3.8, 4) is 5.75 Å². The zero-order valence-electron chi connectivity index (χ0n) is 10.1. The molecule has 20 heavy (non-hydrogen) atoms. The molecule has 3 aromatic rings. The number of aromatic hydroxyl groups is 1. The Balaban J connectivity index is 2.13. The van der Waals surface area contributed by atoms with Crippen LogP contribution < -0.4 is 5.73 Å². The SMILES string of the molecule is Nc1nnnn1N=Cc1c(O)ccc2cc(Br)ccc12. The third-order valence-electron chi connectivity index (χ3n) is 2.77. The first-order valence-corrected chi connectivity index (χ1v) is 6.44. The number of hydrogen-bond donors (Lipinski definition) is 2. The summed E-state index contributed by atoms with van der Waals surface area (Å²) in [4.78, 5) is 1.08. The van der Waals surface area contributed by atoms with Gasteiger partial charge in [0.2, 0.25) is 0 Å². The quantitative estimate of drug-likeness (QED) is 0.696. The summed E-state index contributed by atoms with van der Waals surface area (Å²) in [5.74, 6) is 0.193. The van der Waals surface area contributed by atoms with Gasteiger partial charge in [0.25, 0.3) is 5.95 Å². The second-order valence-corrected chi connectivity index (χ2v) is 4.95. The maximum absolute atomic E-state index is 9.98. The van der Waals surface area contributed by atoms with Crippen LogP contribution >= 0.6 is 15.9 Å². The van der Waals surface area contributed by atoms with Gasteiger partial charge >= 0.3 is 0 Å². The van der Waals surface area contributed by atoms with E-state index >= 15 is 0 Å². The summed E-state index contributed by atoms with van der Waals surface area (Å²) in [5.41, 5.74) is 6.09. The van der Waals surface area contributed by atoms with Crippen molar-refractivity contribution in [2.24, 2.45) is 5.10 Å². The summed E-state index contributed by atoms with van der Waals surface area (Å²) >= 11 is 3.41. The van der Waals surface area contributed by atoms with Gasteiger partial charge in [-0.2, -0.15) is 5.10 Å². The topological polar surface area (TPSA) is 102 Å². The minimum absolute atomic E-state index is 0.0729. The molecule has 0 spiro atoms. The van der Waals surface area contributed by atoms with Gasteiger partial charge in [0.1, 0.15) is 5.75 Å². The molecule has 0 radical (unpaired) electrons. The van der Waals surface area contributed by atoms with Crippen LogP contribution in [-0.2, 0) is 0 Å². The molecule has 100 valence electrons. The number of tetrazole rings is 1. The van der Waals surface area contributed by atoms with Crippen LogP contribution in [-0.4, -0.2) is 31.6 Å². The van der Waals surface area contributed by atoms with Crippen LogP contribution in [0.5, 0.6) is 5.75 Å². The second kappa shape index (κ2) is 4.89. The first kappa shape index (κ1) is 12.5. The van der Waals surface area contributed by atoms with Crippen molar-refractivity contribution in [1.29, 1.82) is 0 Å². The summed E-state index contributed by atoms with van der Waals surface area (Å²) in [7, 11) is 0. The maximum Gasteiger partial charge on any atom is 0.263 e. The van der Waals surface area contributed by atoms with Crippen LogP contribution in [0, 0.1) is 0 Å². The number of aromatic nitrogens is 4. The summed E-state index contributed by atoms with van der Waals surface area (Å²) in [6, 6.07) is 9.18. The van der Waals surface area contributed by atoms with Crippen molar-refractivity contribution in [1.82, 2.24) is 20.3 Å². The molecular formula is C12H9BrN6O. The summed E-state index contributed by atoms with van der Waals surface area (Å²) < 4.78 is 0.961. The predicted molar refractivity (Wildman–Crippen MR) is 78.5 cm³/mol. The van der Waals surface area contributed by atoms with Gasteiger partial charge < -0.3 is 10.8 Å². The molecule has 0 aliphatic rings. The van der Waals surface area contributed by atoms with E-state index in [0.29, 0.717) is 5.56 Å². The highest BCUT2D eigenvalue weighted by atomic mass is 79.9. The highest BCUT2D eigenvalue weighted by molar-refractivity contribution is 9.10. The Morgan fingerprint density at radius 3 is 2.90 bits per heavy atom. The fraction of sp³-hybridized carbons (Fsp3) is 0. The first-order valence-electron chi connectivity index (χ1n) is 5.64. The number of hydrogen-bond acceptors (Lipinski definition) is 6. The Bertz CT molecular complexity index is 813. The lowest BCUT2D eigenvalue weighted by atomic mass is 10.0. The molecule has 0 aliphatic carbocycles. The van der Waals surface area contributed by atoms with Crippen molar-refractivity contribution in [3.05, 3.63) is 40.4 Å². The monoisotopic (exact) mass is 332 g/mol. The summed E-state index contributed by atoms with van der Waals surface area (Å²) in [6.07, 6.45) is 1.47. The van der Waals surface area contributed by atoms with Crippen molar-refractivity contribution in [2.45, 2.75) is 0 Å². The molecule has 0 fully saturated rings. The third-order valence-corrected chi connectivity index (χ3v) is 3.27. The molecule has 0 amide bonds. The van der Waals surface area contributed by atoms with Crippen molar-refractivity contribution < 1.29 is 5.11 Å². The van der Waals surface area contributed by atoms with Crippen molar-refractivity contribution in [3.63, 3.8) is 0 Å². The van der Waals surface area contributed by atoms with E-state index in [9.17, 15) is 5.11 Å². The Kier molecular flexibility index (Phi) is 3.07. The highest BCUT2D eigenvalue weighted by Gasteiger charge is 2.06. The number of phenols is 1. The molecule has 0 bridgehead atoms. The van der Waals surface area contributed by atoms with E-state index in [1.807, 2.05) is 24.3 Å². The second-order valence-electron chi connectivity index (χ2n) is 4.03. The van der Waals surface area contributed by atoms with Gasteiger partial charge in [0.15, 0.2) is 0 Å². The lowest BCUT2D eigenvalue weighted by Gasteiger charge is -2.05. The zero-order chi connectivity index (χ0) is 14.1. The van der Waals surface area contributed by atoms with E-state index in [0.717, 1.165) is 20.0 Å². The predicted octanol–water partition coefficient (Wildman–Crippen LogP) is 1.76. The number of fused-ring (bicyclic) bond motifs is 1. The third kappa shape index (κ3) is 2.21. The van der Waals surface area contributed by atoms with Gasteiger partial charge in [0, 0.05) is 10.0 Å². The lowest BCUT2D eigenvalue weighted by molar-refractivity contribution is 0.475. The van der Waals surface area contributed by atoms with Crippen LogP contribution in [0.25, 0.3) is 10.8 Å². The molecule has 3 rings (SSSR count). The minimum atomic E-state index is 0.0729. The van der Waals surface area contributed by atoms with E-state index in [2.05, 4.69) is 36.6 Å². The maximum atomic E-state index is 9.98. The molecule has 0 unspecified atom stereocenters. The first-order chi connectivity index (χ1) is 9.65. The largest absolute Gasteiger partial charge is 0.507 e. The Labute approximate surface area is 121 Å². The van der Waals surface area contributed by atoms with E-state index in [1.165, 1.54) is 6.21 Å². The summed E-state index contributed by atoms with van der Waals surface area (Å²) in [5, 5.41) is 26.4. The molecule has 0 atom stereocenters. The number of anilines is 1. The number of rotatable bonds is 2. The Morgan fingerprint density at radius 1 is 1.30 bits per heavy atom. The zero-order valence-corrected chi connectivity index (χ0v) is 11.7. The Hall–Kier alpha value is -2.48. The standard InChI is InChI=1S/C12H9BrN6O/c13-8-2-3-9-7(5-8)1-4-11(20)10(9)6-15-19-12(14)16-17-18-19/h1-6,20H,(H2,14,16,18). The average Bonchev–Trinajstić information content (AvgIpc) is 2.83. The molecule has 2 aromatic carbocycles. The number of nitrogens with two attached hydrogens (primary N) is 1. The van der Waals surface area contributed by atoms with Gasteiger partial charge in [-0.15, -0.1) is 0 Å². The minimum Gasteiger partial charge on any atom is -0.507 e. The normalized spacial score (nSPS) is 11.4. The number of nitrogens with zero attached hydrogens (tertiary/aromatic N) is 5. The average molecular weight is 333 g/mol. The van der Waals surface area contributed by atoms with E-state index in [4.69, 9.17) is 5.73 Å². The van der Waals surface area contributed by atoms with Crippen molar-refractivity contribution in [2.75, 3.05) is 5.73 Å². The number of phenolic OH excluding ortho intramolecular Hbond substituents is 1. The van der Waals surface area contributed by atoms with Gasteiger partial charge in [-0.3, -0.25) is 0 Å². The number of halogens is 1. The van der Waals surface area contributed by atoms with Gasteiger partial charge in [-0.1, -0.05) is 38.0 Å². The molecule has 0 saturated heterocycles. The van der Waals surface area contributed by atoms with Gasteiger partial charge in [-0.25, -0.2) is 0 Å². The lowest BCUT2D eigenvalue weighted by Crippen LogP contribution is -2.00. The molecule has 1 heterocycles. The number of benzene rings is 2. The number of nitrogen functional groups attached to an aromatic ring is 1.